The summed E-state index contributed by atoms with van der Waals surface area (Å²) < 4.78 is 5.15. The topological polar surface area (TPSA) is 55.4 Å². The summed E-state index contributed by atoms with van der Waals surface area (Å²) in [5, 5.41) is 2.93. The van der Waals surface area contributed by atoms with Crippen LogP contribution in [0.1, 0.15) is 38.2 Å². The number of hydrogen-bond donors (Lipinski definition) is 1. The number of thioether (sulfide) groups is 1. The second kappa shape index (κ2) is 8.77. The number of carbonyl (C=O) groups excluding carboxylic acids is 2. The van der Waals surface area contributed by atoms with Crippen LogP contribution in [0.25, 0.3) is 6.08 Å². The van der Waals surface area contributed by atoms with Crippen molar-refractivity contribution in [2.75, 3.05) is 6.26 Å². The third kappa shape index (κ3) is 5.75. The Morgan fingerprint density at radius 3 is 2.52 bits per heavy atom. The SMILES string of the molecule is CSc1ccc(C=CC(=O)OC(C)C(=O)NC2CCCC2)cc1. The van der Waals surface area contributed by atoms with Gasteiger partial charge >= 0.3 is 5.97 Å². The molecule has 0 aliphatic heterocycles. The summed E-state index contributed by atoms with van der Waals surface area (Å²) >= 11 is 1.67. The lowest BCUT2D eigenvalue weighted by atomic mass is 10.2. The monoisotopic (exact) mass is 333 g/mol. The Kier molecular flexibility index (Phi) is 6.71. The molecule has 1 atom stereocenters. The van der Waals surface area contributed by atoms with Crippen molar-refractivity contribution >= 4 is 29.7 Å². The molecule has 1 unspecified atom stereocenters. The largest absolute Gasteiger partial charge is 0.449 e. The quantitative estimate of drug-likeness (QED) is 0.492. The smallest absolute Gasteiger partial charge is 0.331 e. The summed E-state index contributed by atoms with van der Waals surface area (Å²) in [5.41, 5.74) is 0.919. The van der Waals surface area contributed by atoms with Gasteiger partial charge in [0.15, 0.2) is 6.10 Å². The first-order valence-electron chi connectivity index (χ1n) is 7.91. The highest BCUT2D eigenvalue weighted by molar-refractivity contribution is 7.98. The van der Waals surface area contributed by atoms with Crippen LogP contribution < -0.4 is 5.32 Å². The average molecular weight is 333 g/mol. The van der Waals surface area contributed by atoms with Gasteiger partial charge in [0.1, 0.15) is 0 Å². The summed E-state index contributed by atoms with van der Waals surface area (Å²) in [5.74, 6) is -0.726. The standard InChI is InChI=1S/C18H23NO3S/c1-13(18(21)19-15-5-3-4-6-15)22-17(20)12-9-14-7-10-16(23-2)11-8-14/h7-13,15H,3-6H2,1-2H3,(H,19,21). The predicted molar refractivity (Wildman–Crippen MR) is 93.2 cm³/mol. The van der Waals surface area contributed by atoms with E-state index < -0.39 is 12.1 Å². The number of hydrogen-bond acceptors (Lipinski definition) is 4. The van der Waals surface area contributed by atoms with E-state index in [1.165, 1.54) is 11.0 Å². The van der Waals surface area contributed by atoms with Gasteiger partial charge in [-0.15, -0.1) is 11.8 Å². The fourth-order valence-corrected chi connectivity index (χ4v) is 2.94. The maximum absolute atomic E-state index is 12.0. The molecule has 0 spiro atoms. The minimum Gasteiger partial charge on any atom is -0.449 e. The lowest BCUT2D eigenvalue weighted by Crippen LogP contribution is -2.40. The highest BCUT2D eigenvalue weighted by Gasteiger charge is 2.22. The van der Waals surface area contributed by atoms with Crippen LogP contribution >= 0.6 is 11.8 Å². The molecule has 23 heavy (non-hydrogen) atoms. The molecule has 0 radical (unpaired) electrons. The molecular weight excluding hydrogens is 310 g/mol. The molecule has 2 rings (SSSR count). The Hall–Kier alpha value is -1.75. The molecule has 1 amide bonds. The van der Waals surface area contributed by atoms with Gasteiger partial charge in [-0.2, -0.15) is 0 Å². The van der Waals surface area contributed by atoms with E-state index in [9.17, 15) is 9.59 Å². The van der Waals surface area contributed by atoms with Gasteiger partial charge in [0.2, 0.25) is 0 Å². The first-order chi connectivity index (χ1) is 11.1. The predicted octanol–water partition coefficient (Wildman–Crippen LogP) is 3.41. The zero-order valence-corrected chi connectivity index (χ0v) is 14.4. The zero-order chi connectivity index (χ0) is 16.7. The first kappa shape index (κ1) is 17.6. The lowest BCUT2D eigenvalue weighted by Gasteiger charge is -2.16. The first-order valence-corrected chi connectivity index (χ1v) is 9.14. The number of benzene rings is 1. The van der Waals surface area contributed by atoms with Gasteiger partial charge in [0.25, 0.3) is 5.91 Å². The number of ether oxygens (including phenoxy) is 1. The van der Waals surface area contributed by atoms with Gasteiger partial charge in [-0.1, -0.05) is 25.0 Å². The highest BCUT2D eigenvalue weighted by atomic mass is 32.2. The summed E-state index contributed by atoms with van der Waals surface area (Å²) in [6.07, 6.45) is 8.61. The van der Waals surface area contributed by atoms with Crippen molar-refractivity contribution in [2.24, 2.45) is 0 Å². The molecule has 0 heterocycles. The minimum absolute atomic E-state index is 0.219. The molecule has 5 heteroatoms. The molecule has 1 aliphatic rings. The maximum Gasteiger partial charge on any atom is 0.331 e. The zero-order valence-electron chi connectivity index (χ0n) is 13.6. The van der Waals surface area contributed by atoms with Crippen molar-refractivity contribution in [1.29, 1.82) is 0 Å². The molecule has 0 saturated heterocycles. The molecule has 1 fully saturated rings. The van der Waals surface area contributed by atoms with Gasteiger partial charge in [0.05, 0.1) is 0 Å². The number of amides is 1. The van der Waals surface area contributed by atoms with Crippen LogP contribution in [-0.4, -0.2) is 30.3 Å². The van der Waals surface area contributed by atoms with Crippen LogP contribution in [0.5, 0.6) is 0 Å². The summed E-state index contributed by atoms with van der Waals surface area (Å²) in [6.45, 7) is 1.60. The average Bonchev–Trinajstić information content (AvgIpc) is 3.06. The number of esters is 1. The molecule has 4 nitrogen and oxygen atoms in total. The fraction of sp³-hybridized carbons (Fsp3) is 0.444. The molecular formula is C18H23NO3S. The van der Waals surface area contributed by atoms with Gasteiger partial charge in [0, 0.05) is 17.0 Å². The van der Waals surface area contributed by atoms with Crippen LogP contribution in [0.4, 0.5) is 0 Å². The second-order valence-corrected chi connectivity index (χ2v) is 6.56. The molecule has 1 aromatic carbocycles. The van der Waals surface area contributed by atoms with E-state index in [0.717, 1.165) is 31.2 Å². The van der Waals surface area contributed by atoms with Crippen LogP contribution in [-0.2, 0) is 14.3 Å². The number of carbonyl (C=O) groups is 2. The Bertz CT molecular complexity index is 562. The summed E-state index contributed by atoms with van der Waals surface area (Å²) in [6, 6.07) is 8.09. The Balaban J connectivity index is 1.80. The molecule has 0 bridgehead atoms. The molecule has 1 N–H and O–H groups in total. The molecule has 1 aromatic rings. The van der Waals surface area contributed by atoms with E-state index in [0.29, 0.717) is 0 Å². The van der Waals surface area contributed by atoms with Crippen LogP contribution in [0, 0.1) is 0 Å². The third-order valence-corrected chi connectivity index (χ3v) is 4.63. The van der Waals surface area contributed by atoms with E-state index >= 15 is 0 Å². The van der Waals surface area contributed by atoms with Crippen LogP contribution in [0.15, 0.2) is 35.2 Å². The van der Waals surface area contributed by atoms with Crippen molar-refractivity contribution in [3.05, 3.63) is 35.9 Å². The van der Waals surface area contributed by atoms with Crippen molar-refractivity contribution in [3.63, 3.8) is 0 Å². The van der Waals surface area contributed by atoms with Gasteiger partial charge in [-0.05, 0) is 49.8 Å². The van der Waals surface area contributed by atoms with E-state index in [2.05, 4.69) is 5.32 Å². The van der Waals surface area contributed by atoms with E-state index in [-0.39, 0.29) is 11.9 Å². The molecule has 0 aromatic heterocycles. The third-order valence-electron chi connectivity index (χ3n) is 3.89. The van der Waals surface area contributed by atoms with E-state index in [4.69, 9.17) is 4.74 Å². The molecule has 1 saturated carbocycles. The second-order valence-electron chi connectivity index (χ2n) is 5.68. The summed E-state index contributed by atoms with van der Waals surface area (Å²) in [4.78, 5) is 24.9. The Labute approximate surface area is 141 Å². The molecule has 1 aliphatic carbocycles. The fourth-order valence-electron chi connectivity index (χ4n) is 2.54. The van der Waals surface area contributed by atoms with Crippen molar-refractivity contribution < 1.29 is 14.3 Å². The van der Waals surface area contributed by atoms with Gasteiger partial charge in [-0.3, -0.25) is 4.79 Å². The minimum atomic E-state index is -0.772. The molecule has 124 valence electrons. The van der Waals surface area contributed by atoms with Crippen molar-refractivity contribution in [3.8, 4) is 0 Å². The number of rotatable bonds is 6. The lowest BCUT2D eigenvalue weighted by molar-refractivity contribution is -0.150. The van der Waals surface area contributed by atoms with E-state index in [1.807, 2.05) is 30.5 Å². The summed E-state index contributed by atoms with van der Waals surface area (Å²) in [7, 11) is 0. The Morgan fingerprint density at radius 1 is 1.26 bits per heavy atom. The van der Waals surface area contributed by atoms with Gasteiger partial charge in [-0.25, -0.2) is 4.79 Å². The Morgan fingerprint density at radius 2 is 1.91 bits per heavy atom. The van der Waals surface area contributed by atoms with Crippen LogP contribution in [0.3, 0.4) is 0 Å². The highest BCUT2D eigenvalue weighted by Crippen LogP contribution is 2.18. The van der Waals surface area contributed by atoms with Crippen molar-refractivity contribution in [1.82, 2.24) is 5.32 Å². The normalized spacial score (nSPS) is 16.4. The number of nitrogens with one attached hydrogen (secondary N) is 1. The van der Waals surface area contributed by atoms with Gasteiger partial charge < -0.3 is 10.1 Å². The van der Waals surface area contributed by atoms with Crippen LogP contribution in [0.2, 0.25) is 0 Å². The van der Waals surface area contributed by atoms with E-state index in [1.54, 1.807) is 24.8 Å². The van der Waals surface area contributed by atoms with Crippen molar-refractivity contribution in [2.45, 2.75) is 49.6 Å². The maximum atomic E-state index is 12.0.